The molecule has 2 aromatic carbocycles. The largest absolute Gasteiger partial charge is 0.354 e. The topological polar surface area (TPSA) is 53.1 Å². The van der Waals surface area contributed by atoms with E-state index in [1.807, 2.05) is 18.2 Å². The molecule has 7 heteroatoms. The number of halogens is 2. The van der Waals surface area contributed by atoms with Gasteiger partial charge in [-0.25, -0.2) is 18.7 Å². The second-order valence-corrected chi connectivity index (χ2v) is 7.90. The molecule has 0 radical (unpaired) electrons. The Kier molecular flexibility index (Phi) is 6.84. The standard InChI is InChI=1S/C24H27F2N5/c1-17-15-27-11-12-31(17)16-20-14-19(5-6-22(20)26)23-8-10-29-24(30-23)28-9-7-18-3-2-4-21(25)13-18/h2-6,8,10,13-14,17,27H,7,9,11-12,15-16H2,1H3,(H,28,29,30)/t17-/m0/s1. The van der Waals surface area contributed by atoms with Crippen molar-refractivity contribution in [2.24, 2.45) is 0 Å². The van der Waals surface area contributed by atoms with Crippen molar-refractivity contribution in [3.8, 4) is 11.3 Å². The van der Waals surface area contributed by atoms with Crippen LogP contribution in [0.1, 0.15) is 18.1 Å². The minimum absolute atomic E-state index is 0.197. The van der Waals surface area contributed by atoms with Gasteiger partial charge in [-0.1, -0.05) is 12.1 Å². The fourth-order valence-corrected chi connectivity index (χ4v) is 3.81. The molecule has 5 nitrogen and oxygen atoms in total. The van der Waals surface area contributed by atoms with Crippen LogP contribution in [-0.2, 0) is 13.0 Å². The summed E-state index contributed by atoms with van der Waals surface area (Å²) in [5.41, 5.74) is 3.17. The number of hydrogen-bond acceptors (Lipinski definition) is 5. The molecule has 1 aliphatic rings. The zero-order valence-corrected chi connectivity index (χ0v) is 17.6. The first kappa shape index (κ1) is 21.3. The molecule has 0 bridgehead atoms. The van der Waals surface area contributed by atoms with E-state index in [0.29, 0.717) is 37.1 Å². The van der Waals surface area contributed by atoms with E-state index in [0.717, 1.165) is 36.5 Å². The molecule has 0 aliphatic carbocycles. The Balaban J connectivity index is 1.44. The number of nitrogens with one attached hydrogen (secondary N) is 2. The van der Waals surface area contributed by atoms with E-state index >= 15 is 0 Å². The molecule has 1 atom stereocenters. The van der Waals surface area contributed by atoms with Crippen LogP contribution in [0.3, 0.4) is 0 Å². The monoisotopic (exact) mass is 423 g/mol. The van der Waals surface area contributed by atoms with Crippen molar-refractivity contribution in [3.05, 3.63) is 77.5 Å². The van der Waals surface area contributed by atoms with Crippen molar-refractivity contribution in [2.45, 2.75) is 25.9 Å². The van der Waals surface area contributed by atoms with Crippen molar-refractivity contribution in [3.63, 3.8) is 0 Å². The first-order valence-corrected chi connectivity index (χ1v) is 10.6. The van der Waals surface area contributed by atoms with Gasteiger partial charge in [0, 0.05) is 56.1 Å². The van der Waals surface area contributed by atoms with Crippen LogP contribution in [0.2, 0.25) is 0 Å². The predicted molar refractivity (Wildman–Crippen MR) is 119 cm³/mol. The average molecular weight is 424 g/mol. The van der Waals surface area contributed by atoms with Gasteiger partial charge in [-0.3, -0.25) is 4.90 Å². The smallest absolute Gasteiger partial charge is 0.223 e. The van der Waals surface area contributed by atoms with Crippen LogP contribution < -0.4 is 10.6 Å². The van der Waals surface area contributed by atoms with Crippen LogP contribution in [-0.4, -0.2) is 47.1 Å². The average Bonchev–Trinajstić information content (AvgIpc) is 2.77. The maximum Gasteiger partial charge on any atom is 0.223 e. The number of rotatable bonds is 7. The first-order chi connectivity index (χ1) is 15.1. The van der Waals surface area contributed by atoms with Crippen molar-refractivity contribution < 1.29 is 8.78 Å². The van der Waals surface area contributed by atoms with Crippen LogP contribution in [0.25, 0.3) is 11.3 Å². The molecule has 4 rings (SSSR count). The van der Waals surface area contributed by atoms with Crippen molar-refractivity contribution in [1.29, 1.82) is 0 Å². The summed E-state index contributed by atoms with van der Waals surface area (Å²) >= 11 is 0. The van der Waals surface area contributed by atoms with E-state index in [9.17, 15) is 8.78 Å². The van der Waals surface area contributed by atoms with Gasteiger partial charge in [0.05, 0.1) is 5.69 Å². The summed E-state index contributed by atoms with van der Waals surface area (Å²) in [7, 11) is 0. The van der Waals surface area contributed by atoms with Crippen LogP contribution in [0, 0.1) is 11.6 Å². The number of anilines is 1. The number of aromatic nitrogens is 2. The van der Waals surface area contributed by atoms with Gasteiger partial charge >= 0.3 is 0 Å². The highest BCUT2D eigenvalue weighted by Crippen LogP contribution is 2.23. The van der Waals surface area contributed by atoms with Crippen LogP contribution in [0.4, 0.5) is 14.7 Å². The Hall–Kier alpha value is -2.90. The normalized spacial score (nSPS) is 16.9. The van der Waals surface area contributed by atoms with E-state index in [1.165, 1.54) is 18.2 Å². The molecule has 1 fully saturated rings. The second kappa shape index (κ2) is 9.94. The van der Waals surface area contributed by atoms with Gasteiger partial charge in [-0.05, 0) is 55.3 Å². The molecule has 162 valence electrons. The van der Waals surface area contributed by atoms with E-state index in [4.69, 9.17) is 0 Å². The highest BCUT2D eigenvalue weighted by Gasteiger charge is 2.19. The Morgan fingerprint density at radius 2 is 2.06 bits per heavy atom. The Morgan fingerprint density at radius 3 is 2.90 bits per heavy atom. The van der Waals surface area contributed by atoms with Crippen LogP contribution in [0.15, 0.2) is 54.7 Å². The summed E-state index contributed by atoms with van der Waals surface area (Å²) in [6.07, 6.45) is 2.35. The van der Waals surface area contributed by atoms with Gasteiger partial charge < -0.3 is 10.6 Å². The lowest BCUT2D eigenvalue weighted by atomic mass is 10.1. The summed E-state index contributed by atoms with van der Waals surface area (Å²) < 4.78 is 27.8. The molecule has 1 saturated heterocycles. The minimum atomic E-state index is -0.238. The molecule has 3 aromatic rings. The molecular formula is C24H27F2N5. The highest BCUT2D eigenvalue weighted by atomic mass is 19.1. The lowest BCUT2D eigenvalue weighted by molar-refractivity contribution is 0.164. The first-order valence-electron chi connectivity index (χ1n) is 10.6. The fraction of sp³-hybridized carbons (Fsp3) is 0.333. The second-order valence-electron chi connectivity index (χ2n) is 7.90. The SMILES string of the molecule is C[C@H]1CNCCN1Cc1cc(-c2ccnc(NCCc3cccc(F)c3)n2)ccc1F. The van der Waals surface area contributed by atoms with Crippen molar-refractivity contribution in [2.75, 3.05) is 31.5 Å². The van der Waals surface area contributed by atoms with Gasteiger partial charge in [0.15, 0.2) is 0 Å². The summed E-state index contributed by atoms with van der Waals surface area (Å²) in [5.74, 6) is 0.0607. The van der Waals surface area contributed by atoms with Gasteiger partial charge in [0.2, 0.25) is 5.95 Å². The fourth-order valence-electron chi connectivity index (χ4n) is 3.81. The third kappa shape index (κ3) is 5.62. The van der Waals surface area contributed by atoms with Crippen molar-refractivity contribution in [1.82, 2.24) is 20.2 Å². The van der Waals surface area contributed by atoms with Gasteiger partial charge in [-0.2, -0.15) is 0 Å². The molecule has 1 aliphatic heterocycles. The number of hydrogen-bond donors (Lipinski definition) is 2. The number of piperazine rings is 1. The third-order valence-electron chi connectivity index (χ3n) is 5.60. The molecule has 0 saturated carbocycles. The Labute approximate surface area is 181 Å². The number of benzene rings is 2. The summed E-state index contributed by atoms with van der Waals surface area (Å²) in [4.78, 5) is 11.1. The van der Waals surface area contributed by atoms with Crippen LogP contribution >= 0.6 is 0 Å². The molecule has 31 heavy (non-hydrogen) atoms. The maximum absolute atomic E-state index is 14.5. The predicted octanol–water partition coefficient (Wildman–Crippen LogP) is 3.87. The van der Waals surface area contributed by atoms with E-state index in [-0.39, 0.29) is 11.6 Å². The van der Waals surface area contributed by atoms with Gasteiger partial charge in [0.1, 0.15) is 11.6 Å². The number of nitrogens with zero attached hydrogens (tertiary/aromatic N) is 3. The van der Waals surface area contributed by atoms with Crippen LogP contribution in [0.5, 0.6) is 0 Å². The maximum atomic E-state index is 14.5. The zero-order valence-electron chi connectivity index (χ0n) is 17.6. The molecule has 2 heterocycles. The summed E-state index contributed by atoms with van der Waals surface area (Å²) in [6, 6.07) is 13.9. The molecule has 0 amide bonds. The lowest BCUT2D eigenvalue weighted by Gasteiger charge is -2.34. The van der Waals surface area contributed by atoms with E-state index < -0.39 is 0 Å². The van der Waals surface area contributed by atoms with E-state index in [1.54, 1.807) is 18.3 Å². The minimum Gasteiger partial charge on any atom is -0.354 e. The highest BCUT2D eigenvalue weighted by molar-refractivity contribution is 5.61. The quantitative estimate of drug-likeness (QED) is 0.604. The molecular weight excluding hydrogens is 396 g/mol. The Morgan fingerprint density at radius 1 is 1.16 bits per heavy atom. The molecule has 2 N–H and O–H groups in total. The Bertz CT molecular complexity index is 1030. The lowest BCUT2D eigenvalue weighted by Crippen LogP contribution is -2.49. The van der Waals surface area contributed by atoms with Gasteiger partial charge in [0.25, 0.3) is 0 Å². The zero-order chi connectivity index (χ0) is 21.6. The molecule has 0 spiro atoms. The summed E-state index contributed by atoms with van der Waals surface area (Å²) in [6.45, 7) is 6.05. The van der Waals surface area contributed by atoms with Gasteiger partial charge in [-0.15, -0.1) is 0 Å². The van der Waals surface area contributed by atoms with Crippen molar-refractivity contribution >= 4 is 5.95 Å². The molecule has 1 aromatic heterocycles. The third-order valence-corrected chi connectivity index (χ3v) is 5.60. The molecule has 0 unspecified atom stereocenters. The summed E-state index contributed by atoms with van der Waals surface area (Å²) in [5, 5.41) is 6.55. The van der Waals surface area contributed by atoms with E-state index in [2.05, 4.69) is 32.4 Å².